The van der Waals surface area contributed by atoms with Gasteiger partial charge in [0.2, 0.25) is 0 Å². The zero-order valence-corrected chi connectivity index (χ0v) is 20.1. The molecule has 1 amide bonds. The van der Waals surface area contributed by atoms with Gasteiger partial charge in [0, 0.05) is 27.9 Å². The van der Waals surface area contributed by atoms with Crippen molar-refractivity contribution in [3.63, 3.8) is 0 Å². The topological polar surface area (TPSA) is 115 Å². The number of anilines is 1. The van der Waals surface area contributed by atoms with Crippen LogP contribution in [0.4, 0.5) is 5.69 Å². The first kappa shape index (κ1) is 24.9. The van der Waals surface area contributed by atoms with Crippen molar-refractivity contribution in [3.8, 4) is 17.2 Å². The van der Waals surface area contributed by atoms with Gasteiger partial charge < -0.3 is 14.2 Å². The summed E-state index contributed by atoms with van der Waals surface area (Å²) in [5, 5.41) is 4.39. The molecule has 0 unspecified atom stereocenters. The van der Waals surface area contributed by atoms with E-state index in [4.69, 9.17) is 25.8 Å². The van der Waals surface area contributed by atoms with Crippen LogP contribution in [0.15, 0.2) is 70.7 Å². The lowest BCUT2D eigenvalue weighted by Crippen LogP contribution is -2.18. The van der Waals surface area contributed by atoms with Crippen LogP contribution in [0.3, 0.4) is 0 Å². The third-order valence-corrected chi connectivity index (χ3v) is 6.28. The fraction of sp³-hybridized carbons (Fsp3) is 0.130. The fourth-order valence-electron chi connectivity index (χ4n) is 2.90. The Bertz CT molecular complexity index is 1290. The number of carbonyl (C=O) groups is 1. The van der Waals surface area contributed by atoms with Crippen LogP contribution in [-0.4, -0.2) is 41.9 Å². The summed E-state index contributed by atoms with van der Waals surface area (Å²) in [5.74, 6) is 0.968. The number of hydrogen-bond acceptors (Lipinski definition) is 7. The first-order chi connectivity index (χ1) is 16.3. The molecule has 0 aromatic heterocycles. The Morgan fingerprint density at radius 3 is 2.06 bits per heavy atom. The third kappa shape index (κ3) is 5.97. The van der Waals surface area contributed by atoms with Gasteiger partial charge in [-0.3, -0.25) is 9.52 Å². The Morgan fingerprint density at radius 2 is 1.47 bits per heavy atom. The molecular formula is C23H22ClN3O6S. The number of hydrazone groups is 1. The Balaban J connectivity index is 1.67. The normalized spacial score (nSPS) is 11.2. The predicted molar refractivity (Wildman–Crippen MR) is 130 cm³/mol. The highest BCUT2D eigenvalue weighted by molar-refractivity contribution is 7.92. The van der Waals surface area contributed by atoms with Crippen molar-refractivity contribution in [1.29, 1.82) is 0 Å². The Kier molecular flexibility index (Phi) is 7.98. The molecule has 0 aliphatic carbocycles. The number of benzene rings is 3. The highest BCUT2D eigenvalue weighted by Gasteiger charge is 2.15. The maximum atomic E-state index is 12.5. The molecule has 34 heavy (non-hydrogen) atoms. The number of hydrogen-bond donors (Lipinski definition) is 2. The molecule has 0 aliphatic rings. The number of rotatable bonds is 9. The highest BCUT2D eigenvalue weighted by atomic mass is 35.5. The van der Waals surface area contributed by atoms with E-state index in [0.29, 0.717) is 33.5 Å². The molecule has 2 N–H and O–H groups in total. The van der Waals surface area contributed by atoms with Crippen molar-refractivity contribution in [2.24, 2.45) is 5.10 Å². The molecule has 0 atom stereocenters. The van der Waals surface area contributed by atoms with Crippen molar-refractivity contribution in [3.05, 3.63) is 76.8 Å². The van der Waals surface area contributed by atoms with Crippen LogP contribution < -0.4 is 24.4 Å². The van der Waals surface area contributed by atoms with E-state index in [2.05, 4.69) is 15.2 Å². The molecule has 0 aliphatic heterocycles. The smallest absolute Gasteiger partial charge is 0.271 e. The molecule has 3 rings (SSSR count). The van der Waals surface area contributed by atoms with E-state index in [1.807, 2.05) is 0 Å². The van der Waals surface area contributed by atoms with Crippen LogP contribution in [0.2, 0.25) is 5.02 Å². The molecule has 0 spiro atoms. The molecule has 0 radical (unpaired) electrons. The van der Waals surface area contributed by atoms with Gasteiger partial charge in [0.15, 0.2) is 11.5 Å². The fourth-order valence-corrected chi connectivity index (χ4v) is 4.08. The number of halogens is 1. The average molecular weight is 504 g/mol. The van der Waals surface area contributed by atoms with Gasteiger partial charge >= 0.3 is 0 Å². The third-order valence-electron chi connectivity index (χ3n) is 4.63. The van der Waals surface area contributed by atoms with Gasteiger partial charge in [-0.05, 0) is 54.6 Å². The summed E-state index contributed by atoms with van der Waals surface area (Å²) in [6, 6.07) is 15.0. The molecule has 9 nitrogen and oxygen atoms in total. The summed E-state index contributed by atoms with van der Waals surface area (Å²) in [6.45, 7) is 0. The minimum Gasteiger partial charge on any atom is -0.496 e. The van der Waals surface area contributed by atoms with Gasteiger partial charge in [0.25, 0.3) is 15.9 Å². The number of nitrogens with zero attached hydrogens (tertiary/aromatic N) is 1. The number of nitrogens with one attached hydrogen (secondary N) is 2. The quantitative estimate of drug-likeness (QED) is 0.337. The molecule has 0 saturated carbocycles. The van der Waals surface area contributed by atoms with E-state index < -0.39 is 15.9 Å². The summed E-state index contributed by atoms with van der Waals surface area (Å²) >= 11 is 5.80. The first-order valence-corrected chi connectivity index (χ1v) is 11.7. The van der Waals surface area contributed by atoms with Gasteiger partial charge in [-0.15, -0.1) is 0 Å². The first-order valence-electron chi connectivity index (χ1n) is 9.79. The molecule has 0 heterocycles. The lowest BCUT2D eigenvalue weighted by atomic mass is 10.2. The summed E-state index contributed by atoms with van der Waals surface area (Å²) in [6.07, 6.45) is 1.41. The van der Waals surface area contributed by atoms with Crippen LogP contribution in [0.5, 0.6) is 17.2 Å². The number of ether oxygens (including phenoxy) is 3. The van der Waals surface area contributed by atoms with Crippen molar-refractivity contribution < 1.29 is 27.4 Å². The second kappa shape index (κ2) is 10.9. The standard InChI is InChI=1S/C23H22ClN3O6S/c1-31-20-13-22(33-3)21(32-2)12-16(20)14-25-26-23(28)15-4-8-18(9-5-15)27-34(29,30)19-10-6-17(24)7-11-19/h4-14,27H,1-3H3,(H,26,28)/b25-14+. The number of carbonyl (C=O) groups excluding carboxylic acids is 1. The van der Waals surface area contributed by atoms with Crippen molar-refractivity contribution >= 4 is 39.4 Å². The van der Waals surface area contributed by atoms with E-state index in [-0.39, 0.29) is 10.5 Å². The van der Waals surface area contributed by atoms with Gasteiger partial charge in [-0.1, -0.05) is 11.6 Å². The molecule has 0 fully saturated rings. The van der Waals surface area contributed by atoms with Gasteiger partial charge in [-0.2, -0.15) is 5.10 Å². The second-order valence-electron chi connectivity index (χ2n) is 6.79. The second-order valence-corrected chi connectivity index (χ2v) is 8.90. The van der Waals surface area contributed by atoms with Gasteiger partial charge in [-0.25, -0.2) is 13.8 Å². The largest absolute Gasteiger partial charge is 0.496 e. The van der Waals surface area contributed by atoms with Crippen molar-refractivity contribution in [2.45, 2.75) is 4.90 Å². The lowest BCUT2D eigenvalue weighted by molar-refractivity contribution is 0.0955. The van der Waals surface area contributed by atoms with E-state index in [0.717, 1.165) is 0 Å². The van der Waals surface area contributed by atoms with Crippen LogP contribution in [-0.2, 0) is 10.0 Å². The Morgan fingerprint density at radius 1 is 0.882 bits per heavy atom. The highest BCUT2D eigenvalue weighted by Crippen LogP contribution is 2.33. The molecule has 178 valence electrons. The van der Waals surface area contributed by atoms with Crippen LogP contribution in [0, 0.1) is 0 Å². The number of amides is 1. The van der Waals surface area contributed by atoms with Gasteiger partial charge in [0.1, 0.15) is 5.75 Å². The molecule has 3 aromatic rings. The predicted octanol–water partition coefficient (Wildman–Crippen LogP) is 3.93. The maximum Gasteiger partial charge on any atom is 0.271 e. The van der Waals surface area contributed by atoms with E-state index in [1.165, 1.54) is 76.1 Å². The van der Waals surface area contributed by atoms with Crippen LogP contribution >= 0.6 is 11.6 Å². The zero-order valence-electron chi connectivity index (χ0n) is 18.5. The summed E-state index contributed by atoms with van der Waals surface area (Å²) in [4.78, 5) is 12.5. The Labute approximate surface area is 202 Å². The lowest BCUT2D eigenvalue weighted by Gasteiger charge is -2.11. The molecule has 3 aromatic carbocycles. The zero-order chi connectivity index (χ0) is 24.7. The SMILES string of the molecule is COc1cc(OC)c(OC)cc1/C=N/NC(=O)c1ccc(NS(=O)(=O)c2ccc(Cl)cc2)cc1. The number of methoxy groups -OCH3 is 3. The molecule has 0 bridgehead atoms. The van der Waals surface area contributed by atoms with Gasteiger partial charge in [0.05, 0.1) is 32.4 Å². The van der Waals surface area contributed by atoms with Crippen molar-refractivity contribution in [1.82, 2.24) is 5.43 Å². The van der Waals surface area contributed by atoms with Crippen LogP contribution in [0.1, 0.15) is 15.9 Å². The van der Waals surface area contributed by atoms with Crippen LogP contribution in [0.25, 0.3) is 0 Å². The van der Waals surface area contributed by atoms with E-state index in [9.17, 15) is 13.2 Å². The molecular weight excluding hydrogens is 482 g/mol. The number of sulfonamides is 1. The Hall–Kier alpha value is -3.76. The maximum absolute atomic E-state index is 12.5. The summed E-state index contributed by atoms with van der Waals surface area (Å²) in [7, 11) is 0.730. The average Bonchev–Trinajstić information content (AvgIpc) is 2.84. The van der Waals surface area contributed by atoms with E-state index in [1.54, 1.807) is 12.1 Å². The molecule has 0 saturated heterocycles. The minimum atomic E-state index is -3.79. The summed E-state index contributed by atoms with van der Waals surface area (Å²) < 4.78 is 43.2. The molecule has 11 heteroatoms. The van der Waals surface area contributed by atoms with E-state index >= 15 is 0 Å². The summed E-state index contributed by atoms with van der Waals surface area (Å²) in [5.41, 5.74) is 3.56. The van der Waals surface area contributed by atoms with Crippen molar-refractivity contribution in [2.75, 3.05) is 26.1 Å². The monoisotopic (exact) mass is 503 g/mol. The minimum absolute atomic E-state index is 0.0682.